The Morgan fingerprint density at radius 2 is 1.79 bits per heavy atom. The summed E-state index contributed by atoms with van der Waals surface area (Å²) in [4.78, 5) is 50.3. The summed E-state index contributed by atoms with van der Waals surface area (Å²) in [6.07, 6.45) is 3.89. The number of hydrogen-bond donors (Lipinski definition) is 3. The highest BCUT2D eigenvalue weighted by atomic mass is 16.2. The fourth-order valence-electron chi connectivity index (χ4n) is 3.84. The minimum atomic E-state index is -1.25. The molecular weight excluding hydrogens is 372 g/mol. The number of nitrogens with zero attached hydrogens (tertiary/aromatic N) is 1. The number of nitrogens with one attached hydrogen (secondary N) is 3. The van der Waals surface area contributed by atoms with Crippen LogP contribution in [0.4, 0.5) is 9.59 Å². The van der Waals surface area contributed by atoms with E-state index in [1.807, 2.05) is 24.3 Å². The van der Waals surface area contributed by atoms with Crippen molar-refractivity contribution < 1.29 is 19.2 Å². The molecule has 3 rings (SSSR count). The number of hydrogen-bond acceptors (Lipinski definition) is 4. The fourth-order valence-corrected chi connectivity index (χ4v) is 3.84. The van der Waals surface area contributed by atoms with Gasteiger partial charge in [0, 0.05) is 6.04 Å². The lowest BCUT2D eigenvalue weighted by Gasteiger charge is -2.22. The number of rotatable bonds is 5. The lowest BCUT2D eigenvalue weighted by molar-refractivity contribution is -0.134. The molecule has 1 saturated heterocycles. The minimum absolute atomic E-state index is 0.0663. The predicted octanol–water partition coefficient (Wildman–Crippen LogP) is 2.35. The Bertz CT molecular complexity index is 814. The normalized spacial score (nSPS) is 22.1. The third kappa shape index (κ3) is 4.41. The molecule has 8 nitrogen and oxygen atoms in total. The van der Waals surface area contributed by atoms with E-state index in [2.05, 4.69) is 29.8 Å². The molecule has 0 bridgehead atoms. The maximum atomic E-state index is 12.9. The quantitative estimate of drug-likeness (QED) is 0.659. The molecule has 2 fully saturated rings. The van der Waals surface area contributed by atoms with E-state index >= 15 is 0 Å². The first-order chi connectivity index (χ1) is 13.7. The monoisotopic (exact) mass is 400 g/mol. The lowest BCUT2D eigenvalue weighted by Crippen LogP contribution is -2.48. The Balaban J connectivity index is 1.63. The highest BCUT2D eigenvalue weighted by Crippen LogP contribution is 2.29. The molecular formula is C21H28N4O4. The van der Waals surface area contributed by atoms with E-state index < -0.39 is 36.0 Å². The molecule has 1 atom stereocenters. The standard InChI is InChI=1S/C21H28N4O4/c1-13(2)14-8-10-15(11-9-14)21(3)18(27)25(20(29)24-21)12-17(26)23-19(28)22-16-6-4-5-7-16/h8-11,13,16H,4-7,12H2,1-3H3,(H,24,29)(H2,22,23,26,28)/t21-/m1/s1. The molecule has 1 aromatic rings. The van der Waals surface area contributed by atoms with Crippen molar-refractivity contribution in [3.63, 3.8) is 0 Å². The zero-order valence-corrected chi connectivity index (χ0v) is 17.1. The van der Waals surface area contributed by atoms with Crippen LogP contribution >= 0.6 is 0 Å². The summed E-state index contributed by atoms with van der Waals surface area (Å²) < 4.78 is 0. The van der Waals surface area contributed by atoms with Gasteiger partial charge >= 0.3 is 12.1 Å². The molecule has 1 saturated carbocycles. The zero-order chi connectivity index (χ0) is 21.2. The lowest BCUT2D eigenvalue weighted by atomic mass is 9.90. The second-order valence-corrected chi connectivity index (χ2v) is 8.23. The number of urea groups is 2. The van der Waals surface area contributed by atoms with Crippen molar-refractivity contribution in [1.29, 1.82) is 0 Å². The zero-order valence-electron chi connectivity index (χ0n) is 17.1. The van der Waals surface area contributed by atoms with Crippen molar-refractivity contribution in [2.24, 2.45) is 0 Å². The van der Waals surface area contributed by atoms with Gasteiger partial charge in [0.05, 0.1) is 0 Å². The van der Waals surface area contributed by atoms with Crippen molar-refractivity contribution in [3.8, 4) is 0 Å². The molecule has 1 aliphatic carbocycles. The molecule has 0 aromatic heterocycles. The third-order valence-corrected chi connectivity index (χ3v) is 5.67. The number of benzene rings is 1. The summed E-state index contributed by atoms with van der Waals surface area (Å²) in [6, 6.07) is 6.29. The fraction of sp³-hybridized carbons (Fsp3) is 0.524. The molecule has 8 heteroatoms. The molecule has 3 N–H and O–H groups in total. The second-order valence-electron chi connectivity index (χ2n) is 8.23. The minimum Gasteiger partial charge on any atom is -0.335 e. The van der Waals surface area contributed by atoms with Crippen molar-refractivity contribution in [3.05, 3.63) is 35.4 Å². The van der Waals surface area contributed by atoms with E-state index in [-0.39, 0.29) is 6.04 Å². The van der Waals surface area contributed by atoms with Crippen LogP contribution in [-0.2, 0) is 15.1 Å². The summed E-state index contributed by atoms with van der Waals surface area (Å²) in [5, 5.41) is 7.61. The first-order valence-electron chi connectivity index (χ1n) is 10.1. The third-order valence-electron chi connectivity index (χ3n) is 5.67. The van der Waals surface area contributed by atoms with Crippen LogP contribution in [0.1, 0.15) is 63.5 Å². The average Bonchev–Trinajstić information content (AvgIpc) is 3.24. The van der Waals surface area contributed by atoms with E-state index in [1.54, 1.807) is 6.92 Å². The first-order valence-corrected chi connectivity index (χ1v) is 10.1. The number of carbonyl (C=O) groups is 4. The summed E-state index contributed by atoms with van der Waals surface area (Å²) in [5.74, 6) is -0.879. The van der Waals surface area contributed by atoms with Gasteiger partial charge in [0.25, 0.3) is 5.91 Å². The van der Waals surface area contributed by atoms with Crippen molar-refractivity contribution in [2.75, 3.05) is 6.54 Å². The Hall–Kier alpha value is -2.90. The van der Waals surface area contributed by atoms with Gasteiger partial charge in [-0.25, -0.2) is 9.59 Å². The van der Waals surface area contributed by atoms with Gasteiger partial charge in [-0.15, -0.1) is 0 Å². The van der Waals surface area contributed by atoms with Crippen LogP contribution in [0, 0.1) is 0 Å². The first kappa shape index (κ1) is 20.8. The summed E-state index contributed by atoms with van der Waals surface area (Å²) in [7, 11) is 0. The number of carbonyl (C=O) groups excluding carboxylic acids is 4. The second kappa shape index (κ2) is 8.23. The summed E-state index contributed by atoms with van der Waals surface area (Å²) in [6.45, 7) is 5.25. The van der Waals surface area contributed by atoms with Crippen molar-refractivity contribution in [2.45, 2.75) is 64.0 Å². The van der Waals surface area contributed by atoms with Crippen LogP contribution in [0.15, 0.2) is 24.3 Å². The number of imide groups is 2. The molecule has 156 valence electrons. The van der Waals surface area contributed by atoms with Gasteiger partial charge in [0.1, 0.15) is 12.1 Å². The Labute approximate surface area is 170 Å². The highest BCUT2D eigenvalue weighted by Gasteiger charge is 2.49. The largest absolute Gasteiger partial charge is 0.335 e. The average molecular weight is 400 g/mol. The highest BCUT2D eigenvalue weighted by molar-refractivity contribution is 6.10. The van der Waals surface area contributed by atoms with E-state index in [9.17, 15) is 19.2 Å². The Morgan fingerprint density at radius 3 is 2.38 bits per heavy atom. The van der Waals surface area contributed by atoms with Crippen molar-refractivity contribution in [1.82, 2.24) is 20.9 Å². The SMILES string of the molecule is CC(C)c1ccc([C@@]2(C)NC(=O)N(CC(=O)NC(=O)NC3CCCC3)C2=O)cc1. The summed E-state index contributed by atoms with van der Waals surface area (Å²) in [5.41, 5.74) is 0.514. The maximum Gasteiger partial charge on any atom is 0.325 e. The number of amides is 6. The van der Waals surface area contributed by atoms with Gasteiger partial charge in [-0.3, -0.25) is 19.8 Å². The molecule has 6 amide bonds. The van der Waals surface area contributed by atoms with Gasteiger partial charge in [-0.1, -0.05) is 51.0 Å². The van der Waals surface area contributed by atoms with Crippen LogP contribution < -0.4 is 16.0 Å². The van der Waals surface area contributed by atoms with Gasteiger partial charge in [-0.05, 0) is 36.8 Å². The molecule has 0 unspecified atom stereocenters. The molecule has 1 heterocycles. The molecule has 29 heavy (non-hydrogen) atoms. The molecule has 0 spiro atoms. The molecule has 2 aliphatic rings. The Morgan fingerprint density at radius 1 is 1.17 bits per heavy atom. The predicted molar refractivity (Wildman–Crippen MR) is 107 cm³/mol. The van der Waals surface area contributed by atoms with Gasteiger partial charge in [0.2, 0.25) is 5.91 Å². The van der Waals surface area contributed by atoms with E-state index in [0.29, 0.717) is 11.5 Å². The van der Waals surface area contributed by atoms with Crippen molar-refractivity contribution >= 4 is 23.9 Å². The van der Waals surface area contributed by atoms with E-state index in [1.165, 1.54) is 0 Å². The molecule has 1 aliphatic heterocycles. The van der Waals surface area contributed by atoms with Crippen LogP contribution in [0.3, 0.4) is 0 Å². The topological polar surface area (TPSA) is 108 Å². The van der Waals surface area contributed by atoms with Gasteiger partial charge < -0.3 is 10.6 Å². The molecule has 0 radical (unpaired) electrons. The van der Waals surface area contributed by atoms with E-state index in [4.69, 9.17) is 0 Å². The van der Waals surface area contributed by atoms with Crippen LogP contribution in [0.5, 0.6) is 0 Å². The van der Waals surface area contributed by atoms with E-state index in [0.717, 1.165) is 36.1 Å². The smallest absolute Gasteiger partial charge is 0.325 e. The van der Waals surface area contributed by atoms with Crippen LogP contribution in [0.2, 0.25) is 0 Å². The Kier molecular flexibility index (Phi) is 5.91. The van der Waals surface area contributed by atoms with Gasteiger partial charge in [-0.2, -0.15) is 0 Å². The van der Waals surface area contributed by atoms with Gasteiger partial charge in [0.15, 0.2) is 0 Å². The van der Waals surface area contributed by atoms with Crippen LogP contribution in [0.25, 0.3) is 0 Å². The molecule has 1 aromatic carbocycles. The summed E-state index contributed by atoms with van der Waals surface area (Å²) >= 11 is 0. The van der Waals surface area contributed by atoms with Crippen LogP contribution in [-0.4, -0.2) is 41.4 Å². The maximum absolute atomic E-state index is 12.9.